The monoisotopic (exact) mass is 355 g/mol. The van der Waals surface area contributed by atoms with Gasteiger partial charge in [-0.05, 0) is 12.1 Å². The minimum absolute atomic E-state index is 0.0538. The van der Waals surface area contributed by atoms with Crippen molar-refractivity contribution in [2.24, 2.45) is 0 Å². The molecular weight excluding hydrogens is 337 g/mol. The highest BCUT2D eigenvalue weighted by molar-refractivity contribution is 5.76. The summed E-state index contributed by atoms with van der Waals surface area (Å²) < 4.78 is 27.3. The first-order valence-corrected chi connectivity index (χ1v) is 8.72. The smallest absolute Gasteiger partial charge is 0.166 e. The third-order valence-corrected chi connectivity index (χ3v) is 4.81. The molecule has 2 aliphatic rings. The van der Waals surface area contributed by atoms with Crippen molar-refractivity contribution >= 4 is 11.0 Å². The zero-order valence-corrected chi connectivity index (χ0v) is 14.1. The predicted molar refractivity (Wildman–Crippen MR) is 92.0 cm³/mol. The highest BCUT2D eigenvalue weighted by atomic mass is 19.1. The van der Waals surface area contributed by atoms with E-state index in [1.165, 1.54) is 12.1 Å². The molecule has 3 aromatic rings. The van der Waals surface area contributed by atoms with Gasteiger partial charge in [0.1, 0.15) is 29.7 Å². The molecule has 0 aliphatic carbocycles. The van der Waals surface area contributed by atoms with Crippen molar-refractivity contribution in [1.29, 1.82) is 0 Å². The van der Waals surface area contributed by atoms with Gasteiger partial charge in [0.2, 0.25) is 0 Å². The molecule has 1 aromatic carbocycles. The number of halogens is 1. The molecule has 0 saturated carbocycles. The largest absolute Gasteiger partial charge is 0.490 e. The average molecular weight is 355 g/mol. The molecule has 7 nitrogen and oxygen atoms in total. The van der Waals surface area contributed by atoms with Gasteiger partial charge >= 0.3 is 0 Å². The molecule has 5 rings (SSSR count). The maximum Gasteiger partial charge on any atom is 0.166 e. The molecule has 2 atom stereocenters. The van der Waals surface area contributed by atoms with Crippen LogP contribution >= 0.6 is 0 Å². The van der Waals surface area contributed by atoms with Crippen LogP contribution in [0.5, 0.6) is 5.75 Å². The Morgan fingerprint density at radius 2 is 2.08 bits per heavy atom. The van der Waals surface area contributed by atoms with E-state index in [9.17, 15) is 4.39 Å². The van der Waals surface area contributed by atoms with E-state index in [1.54, 1.807) is 23.1 Å². The first-order valence-electron chi connectivity index (χ1n) is 8.72. The fourth-order valence-corrected chi connectivity index (χ4v) is 3.50. The maximum atomic E-state index is 13.8. The molecule has 2 aliphatic heterocycles. The Morgan fingerprint density at radius 1 is 1.15 bits per heavy atom. The van der Waals surface area contributed by atoms with Crippen LogP contribution in [-0.2, 0) is 11.2 Å². The standard InChI is InChI=1S/C18H18FN5O2/c19-13-1-2-15-16(7-13)26-6-4-23-3-5-25-14(11-23)8-17-20-9-12-10-21-24(15)18(12)22-17/h1-2,7,9-10,14H,3-6,8,11H2. The van der Waals surface area contributed by atoms with Crippen molar-refractivity contribution in [2.75, 3.05) is 32.8 Å². The van der Waals surface area contributed by atoms with Gasteiger partial charge < -0.3 is 9.47 Å². The summed E-state index contributed by atoms with van der Waals surface area (Å²) >= 11 is 0. The fourth-order valence-electron chi connectivity index (χ4n) is 3.50. The van der Waals surface area contributed by atoms with Crippen LogP contribution in [0.15, 0.2) is 30.6 Å². The summed E-state index contributed by atoms with van der Waals surface area (Å²) in [6, 6.07) is 4.47. The number of nitrogens with zero attached hydrogens (tertiary/aromatic N) is 5. The van der Waals surface area contributed by atoms with Gasteiger partial charge in [0.15, 0.2) is 5.65 Å². The number of morpholine rings is 1. The molecule has 8 heteroatoms. The molecule has 0 radical (unpaired) electrons. The van der Waals surface area contributed by atoms with Crippen LogP contribution in [0, 0.1) is 5.82 Å². The van der Waals surface area contributed by atoms with Gasteiger partial charge in [0.05, 0.1) is 24.3 Å². The minimum atomic E-state index is -0.341. The SMILES string of the molecule is Fc1ccc2c(c1)OCCN1CCOC(Cc3ncc4cnn-2c4n3)C1. The summed E-state index contributed by atoms with van der Waals surface area (Å²) in [6.45, 7) is 3.56. The second-order valence-corrected chi connectivity index (χ2v) is 6.58. The van der Waals surface area contributed by atoms with Gasteiger partial charge in [-0.1, -0.05) is 0 Å². The zero-order valence-electron chi connectivity index (χ0n) is 14.1. The summed E-state index contributed by atoms with van der Waals surface area (Å²) in [5.74, 6) is 0.834. The predicted octanol–water partition coefficient (Wildman–Crippen LogP) is 1.59. The van der Waals surface area contributed by atoms with Crippen molar-refractivity contribution in [2.45, 2.75) is 12.5 Å². The van der Waals surface area contributed by atoms with Crippen LogP contribution < -0.4 is 4.74 Å². The van der Waals surface area contributed by atoms with Crippen molar-refractivity contribution in [1.82, 2.24) is 24.6 Å². The Hall–Kier alpha value is -2.58. The Balaban J connectivity index is 1.65. The van der Waals surface area contributed by atoms with Gasteiger partial charge in [-0.25, -0.2) is 19.0 Å². The minimum Gasteiger partial charge on any atom is -0.490 e. The fraction of sp³-hybridized carbons (Fsp3) is 0.389. The van der Waals surface area contributed by atoms with Crippen LogP contribution in [0.1, 0.15) is 5.82 Å². The van der Waals surface area contributed by atoms with Crippen LogP contribution in [0.4, 0.5) is 4.39 Å². The zero-order chi connectivity index (χ0) is 17.5. The van der Waals surface area contributed by atoms with Gasteiger partial charge in [0, 0.05) is 38.3 Å². The summed E-state index contributed by atoms with van der Waals surface area (Å²) in [5, 5.41) is 5.24. The van der Waals surface area contributed by atoms with Crippen molar-refractivity contribution in [3.05, 3.63) is 42.2 Å². The first kappa shape index (κ1) is 15.7. The maximum absolute atomic E-state index is 13.8. The number of rotatable bonds is 0. The van der Waals surface area contributed by atoms with Crippen LogP contribution in [0.2, 0.25) is 0 Å². The second-order valence-electron chi connectivity index (χ2n) is 6.58. The summed E-state index contributed by atoms with van der Waals surface area (Å²) in [5.41, 5.74) is 1.35. The van der Waals surface area contributed by atoms with E-state index >= 15 is 0 Å². The van der Waals surface area contributed by atoms with E-state index in [0.717, 1.165) is 30.8 Å². The van der Waals surface area contributed by atoms with Gasteiger partial charge in [-0.2, -0.15) is 5.10 Å². The molecule has 0 amide bonds. The number of aromatic nitrogens is 4. The molecule has 1 fully saturated rings. The van der Waals surface area contributed by atoms with Gasteiger partial charge in [0.25, 0.3) is 0 Å². The summed E-state index contributed by atoms with van der Waals surface area (Å²) in [6.07, 6.45) is 4.18. The molecule has 4 heterocycles. The van der Waals surface area contributed by atoms with E-state index in [4.69, 9.17) is 14.5 Å². The number of benzene rings is 1. The topological polar surface area (TPSA) is 65.3 Å². The number of ether oxygens (including phenoxy) is 2. The molecule has 0 N–H and O–H groups in total. The van der Waals surface area contributed by atoms with Crippen molar-refractivity contribution in [3.8, 4) is 11.4 Å². The van der Waals surface area contributed by atoms with E-state index < -0.39 is 0 Å². The van der Waals surface area contributed by atoms with E-state index in [0.29, 0.717) is 36.7 Å². The summed E-state index contributed by atoms with van der Waals surface area (Å²) in [4.78, 5) is 11.4. The quantitative estimate of drug-likeness (QED) is 0.610. The Bertz CT molecular complexity index is 960. The third kappa shape index (κ3) is 2.81. The highest BCUT2D eigenvalue weighted by Crippen LogP contribution is 2.27. The molecule has 0 spiro atoms. The lowest BCUT2D eigenvalue weighted by atomic mass is 10.2. The Kier molecular flexibility index (Phi) is 3.79. The number of hydrogen-bond acceptors (Lipinski definition) is 6. The van der Waals surface area contributed by atoms with Crippen LogP contribution in [0.25, 0.3) is 16.7 Å². The number of fused-ring (bicyclic) bond motifs is 5. The van der Waals surface area contributed by atoms with Crippen LogP contribution in [0.3, 0.4) is 0 Å². The van der Waals surface area contributed by atoms with E-state index in [-0.39, 0.29) is 11.9 Å². The lowest BCUT2D eigenvalue weighted by Gasteiger charge is -2.32. The lowest BCUT2D eigenvalue weighted by Crippen LogP contribution is -2.45. The van der Waals surface area contributed by atoms with Gasteiger partial charge in [-0.15, -0.1) is 0 Å². The Labute approximate surface area is 149 Å². The second kappa shape index (κ2) is 6.30. The summed E-state index contributed by atoms with van der Waals surface area (Å²) in [7, 11) is 0. The Morgan fingerprint density at radius 3 is 3.04 bits per heavy atom. The van der Waals surface area contributed by atoms with Crippen LogP contribution in [-0.4, -0.2) is 63.6 Å². The molecule has 2 unspecified atom stereocenters. The lowest BCUT2D eigenvalue weighted by molar-refractivity contribution is -0.0313. The average Bonchev–Trinajstić information content (AvgIpc) is 3.05. The van der Waals surface area contributed by atoms with E-state index in [2.05, 4.69) is 15.0 Å². The molecule has 4 bridgehead atoms. The highest BCUT2D eigenvalue weighted by Gasteiger charge is 2.23. The third-order valence-electron chi connectivity index (χ3n) is 4.81. The van der Waals surface area contributed by atoms with Gasteiger partial charge in [-0.3, -0.25) is 4.90 Å². The molecule has 134 valence electrons. The normalized spacial score (nSPS) is 22.8. The number of hydrogen-bond donors (Lipinski definition) is 0. The molecule has 2 aromatic heterocycles. The van der Waals surface area contributed by atoms with Crippen molar-refractivity contribution < 1.29 is 13.9 Å². The van der Waals surface area contributed by atoms with Crippen molar-refractivity contribution in [3.63, 3.8) is 0 Å². The molecule has 26 heavy (non-hydrogen) atoms. The molecule has 1 saturated heterocycles. The first-order chi connectivity index (χ1) is 12.8. The molecular formula is C18H18FN5O2. The van der Waals surface area contributed by atoms with E-state index in [1.807, 2.05) is 0 Å².